The first-order chi connectivity index (χ1) is 16.9. The van der Waals surface area contributed by atoms with Gasteiger partial charge in [-0.25, -0.2) is 0 Å². The van der Waals surface area contributed by atoms with E-state index in [0.717, 1.165) is 28.7 Å². The van der Waals surface area contributed by atoms with Crippen LogP contribution in [-0.2, 0) is 22.6 Å². The first-order valence-corrected chi connectivity index (χ1v) is 12.2. The Kier molecular flexibility index (Phi) is 9.47. The molecule has 0 saturated heterocycles. The summed E-state index contributed by atoms with van der Waals surface area (Å²) in [6.45, 7) is 8.20. The lowest BCUT2D eigenvalue weighted by Gasteiger charge is -2.32. The average molecular weight is 473 g/mol. The second-order valence-corrected chi connectivity index (χ2v) is 9.08. The highest BCUT2D eigenvalue weighted by molar-refractivity contribution is 5.88. The first-order valence-electron chi connectivity index (χ1n) is 12.2. The van der Waals surface area contributed by atoms with Gasteiger partial charge in [-0.1, -0.05) is 73.7 Å². The molecule has 0 bridgehead atoms. The largest absolute Gasteiger partial charge is 0.484 e. The second kappa shape index (κ2) is 12.7. The van der Waals surface area contributed by atoms with Gasteiger partial charge in [0.1, 0.15) is 11.8 Å². The maximum Gasteiger partial charge on any atom is 0.261 e. The highest BCUT2D eigenvalue weighted by atomic mass is 16.5. The average Bonchev–Trinajstić information content (AvgIpc) is 2.86. The van der Waals surface area contributed by atoms with Gasteiger partial charge in [0.25, 0.3) is 5.91 Å². The predicted molar refractivity (Wildman–Crippen MR) is 140 cm³/mol. The molecule has 0 spiro atoms. The summed E-state index contributed by atoms with van der Waals surface area (Å²) in [4.78, 5) is 28.8. The van der Waals surface area contributed by atoms with Crippen LogP contribution in [0.1, 0.15) is 42.5 Å². The molecule has 2 atom stereocenters. The Morgan fingerprint density at radius 3 is 2.34 bits per heavy atom. The molecule has 1 N–H and O–H groups in total. The number of nitrogens with zero attached hydrogens (tertiary/aromatic N) is 1. The zero-order valence-corrected chi connectivity index (χ0v) is 21.2. The number of ether oxygens (including phenoxy) is 1. The fraction of sp³-hybridized carbons (Fsp3) is 0.333. The molecule has 184 valence electrons. The van der Waals surface area contributed by atoms with Crippen molar-refractivity contribution in [3.8, 4) is 5.75 Å². The minimum Gasteiger partial charge on any atom is -0.484 e. The van der Waals surface area contributed by atoms with Gasteiger partial charge in [-0.05, 0) is 61.6 Å². The molecule has 0 aliphatic carbocycles. The van der Waals surface area contributed by atoms with Crippen molar-refractivity contribution < 1.29 is 14.3 Å². The van der Waals surface area contributed by atoms with E-state index in [-0.39, 0.29) is 24.5 Å². The van der Waals surface area contributed by atoms with Crippen LogP contribution < -0.4 is 10.1 Å². The van der Waals surface area contributed by atoms with Crippen LogP contribution in [0.15, 0.2) is 78.9 Å². The van der Waals surface area contributed by atoms with E-state index in [1.54, 1.807) is 4.90 Å². The number of hydrogen-bond acceptors (Lipinski definition) is 3. The standard InChI is InChI=1S/C30H36N2O3/c1-5-24(4)31-30(34)28(19-25-14-7-6-8-15-25)32(20-26-16-10-9-13-23(26)3)29(33)21-35-27-17-11-12-22(2)18-27/h6-18,24,28H,5,19-21H2,1-4H3,(H,31,34)/t24-,28-/m0/s1. The van der Waals surface area contributed by atoms with Gasteiger partial charge >= 0.3 is 0 Å². The zero-order chi connectivity index (χ0) is 25.2. The molecule has 0 unspecified atom stereocenters. The molecule has 3 aromatic rings. The molecule has 0 aromatic heterocycles. The van der Waals surface area contributed by atoms with Crippen molar-refractivity contribution in [2.45, 2.75) is 59.2 Å². The Morgan fingerprint density at radius 1 is 0.943 bits per heavy atom. The summed E-state index contributed by atoms with van der Waals surface area (Å²) in [7, 11) is 0. The summed E-state index contributed by atoms with van der Waals surface area (Å²) in [6, 6.07) is 24.7. The molecule has 0 aliphatic rings. The molecule has 3 aromatic carbocycles. The third kappa shape index (κ3) is 7.71. The van der Waals surface area contributed by atoms with Crippen LogP contribution in [-0.4, -0.2) is 35.4 Å². The van der Waals surface area contributed by atoms with Gasteiger partial charge in [0.2, 0.25) is 5.91 Å². The summed E-state index contributed by atoms with van der Waals surface area (Å²) < 4.78 is 5.86. The highest BCUT2D eigenvalue weighted by Crippen LogP contribution is 2.18. The predicted octanol–water partition coefficient (Wildman–Crippen LogP) is 5.24. The van der Waals surface area contributed by atoms with Crippen LogP contribution in [0.4, 0.5) is 0 Å². The topological polar surface area (TPSA) is 58.6 Å². The van der Waals surface area contributed by atoms with E-state index >= 15 is 0 Å². The van der Waals surface area contributed by atoms with Crippen LogP contribution in [0, 0.1) is 13.8 Å². The molecule has 3 rings (SSSR count). The Hall–Kier alpha value is -3.60. The number of amides is 2. The number of hydrogen-bond donors (Lipinski definition) is 1. The van der Waals surface area contributed by atoms with Crippen molar-refractivity contribution in [1.82, 2.24) is 10.2 Å². The van der Waals surface area contributed by atoms with Crippen molar-refractivity contribution in [2.75, 3.05) is 6.61 Å². The molecular weight excluding hydrogens is 436 g/mol. The van der Waals surface area contributed by atoms with Gasteiger partial charge in [0, 0.05) is 19.0 Å². The number of aryl methyl sites for hydroxylation is 2. The molecule has 0 aliphatic heterocycles. The normalized spacial score (nSPS) is 12.5. The third-order valence-electron chi connectivity index (χ3n) is 6.23. The van der Waals surface area contributed by atoms with Crippen LogP contribution in [0.2, 0.25) is 0 Å². The van der Waals surface area contributed by atoms with E-state index in [2.05, 4.69) is 5.32 Å². The third-order valence-corrected chi connectivity index (χ3v) is 6.23. The molecule has 0 heterocycles. The van der Waals surface area contributed by atoms with Gasteiger partial charge in [0.05, 0.1) is 0 Å². The fourth-order valence-corrected chi connectivity index (χ4v) is 3.90. The molecule has 0 saturated carbocycles. The monoisotopic (exact) mass is 472 g/mol. The lowest BCUT2D eigenvalue weighted by Crippen LogP contribution is -2.53. The Labute approximate surface area is 209 Å². The van der Waals surface area contributed by atoms with Crippen molar-refractivity contribution in [3.05, 3.63) is 101 Å². The van der Waals surface area contributed by atoms with E-state index < -0.39 is 6.04 Å². The minimum absolute atomic E-state index is 0.0136. The van der Waals surface area contributed by atoms with Crippen molar-refractivity contribution in [3.63, 3.8) is 0 Å². The van der Waals surface area contributed by atoms with Crippen LogP contribution in [0.5, 0.6) is 5.75 Å². The van der Waals surface area contributed by atoms with Gasteiger partial charge in [0.15, 0.2) is 6.61 Å². The molecule has 5 heteroatoms. The van der Waals surface area contributed by atoms with Gasteiger partial charge in [-0.2, -0.15) is 0 Å². The first kappa shape index (κ1) is 26.0. The Bertz CT molecular complexity index is 1110. The van der Waals surface area contributed by atoms with E-state index in [4.69, 9.17) is 4.74 Å². The second-order valence-electron chi connectivity index (χ2n) is 9.08. The van der Waals surface area contributed by atoms with Crippen molar-refractivity contribution in [2.24, 2.45) is 0 Å². The smallest absolute Gasteiger partial charge is 0.261 e. The number of carbonyl (C=O) groups is 2. The van der Waals surface area contributed by atoms with Gasteiger partial charge in [-0.15, -0.1) is 0 Å². The lowest BCUT2D eigenvalue weighted by molar-refractivity contribution is -0.143. The maximum atomic E-state index is 13.6. The van der Waals surface area contributed by atoms with E-state index in [0.29, 0.717) is 18.7 Å². The summed E-state index contributed by atoms with van der Waals surface area (Å²) in [5.74, 6) is 0.258. The van der Waals surface area contributed by atoms with Crippen molar-refractivity contribution in [1.29, 1.82) is 0 Å². The summed E-state index contributed by atoms with van der Waals surface area (Å²) >= 11 is 0. The molecule has 0 radical (unpaired) electrons. The lowest BCUT2D eigenvalue weighted by atomic mass is 10.0. The van der Waals surface area contributed by atoms with Crippen molar-refractivity contribution >= 4 is 11.8 Å². The SMILES string of the molecule is CC[C@H](C)NC(=O)[C@H](Cc1ccccc1)N(Cc1ccccc1C)C(=O)COc1cccc(C)c1. The summed E-state index contributed by atoms with van der Waals surface area (Å²) in [5, 5.41) is 3.09. The van der Waals surface area contributed by atoms with Gasteiger partial charge in [-0.3, -0.25) is 9.59 Å². The zero-order valence-electron chi connectivity index (χ0n) is 21.2. The van der Waals surface area contributed by atoms with Crippen LogP contribution in [0.3, 0.4) is 0 Å². The molecule has 35 heavy (non-hydrogen) atoms. The molecular formula is C30H36N2O3. The van der Waals surface area contributed by atoms with E-state index in [1.807, 2.05) is 107 Å². The van der Waals surface area contributed by atoms with Crippen LogP contribution >= 0.6 is 0 Å². The molecule has 2 amide bonds. The number of nitrogens with one attached hydrogen (secondary N) is 1. The number of rotatable bonds is 11. The Balaban J connectivity index is 1.92. The van der Waals surface area contributed by atoms with Gasteiger partial charge < -0.3 is 15.0 Å². The quantitative estimate of drug-likeness (QED) is 0.415. The summed E-state index contributed by atoms with van der Waals surface area (Å²) in [5.41, 5.74) is 4.14. The Morgan fingerprint density at radius 2 is 1.66 bits per heavy atom. The number of carbonyl (C=O) groups excluding carboxylic acids is 2. The minimum atomic E-state index is -0.667. The van der Waals surface area contributed by atoms with Crippen LogP contribution in [0.25, 0.3) is 0 Å². The van der Waals surface area contributed by atoms with E-state index in [1.165, 1.54) is 0 Å². The van der Waals surface area contributed by atoms with E-state index in [9.17, 15) is 9.59 Å². The molecule has 0 fully saturated rings. The maximum absolute atomic E-state index is 13.6. The highest BCUT2D eigenvalue weighted by Gasteiger charge is 2.31. The fourth-order valence-electron chi connectivity index (χ4n) is 3.90. The molecule has 5 nitrogen and oxygen atoms in total. The summed E-state index contributed by atoms with van der Waals surface area (Å²) in [6.07, 6.45) is 1.23. The number of benzene rings is 3.